The van der Waals surface area contributed by atoms with Crippen molar-refractivity contribution < 1.29 is 5.11 Å². The van der Waals surface area contributed by atoms with Crippen molar-refractivity contribution >= 4 is 10.8 Å². The van der Waals surface area contributed by atoms with Crippen LogP contribution in [0.3, 0.4) is 0 Å². The summed E-state index contributed by atoms with van der Waals surface area (Å²) in [5.74, 6) is 0.178. The first kappa shape index (κ1) is 7.86. The Morgan fingerprint density at radius 1 is 1.31 bits per heavy atom. The first-order chi connectivity index (χ1) is 6.16. The van der Waals surface area contributed by atoms with Gasteiger partial charge in [0.2, 0.25) is 0 Å². The number of aryl methyl sites for hydroxylation is 1. The van der Waals surface area contributed by atoms with Crippen molar-refractivity contribution in [3.63, 3.8) is 0 Å². The van der Waals surface area contributed by atoms with Crippen molar-refractivity contribution in [2.24, 2.45) is 0 Å². The Morgan fingerprint density at radius 3 is 2.85 bits per heavy atom. The van der Waals surface area contributed by atoms with Crippen LogP contribution in [0, 0.1) is 6.92 Å². The molecule has 2 N–H and O–H groups in total. The number of H-pyrrole nitrogens is 1. The summed E-state index contributed by atoms with van der Waals surface area (Å²) < 4.78 is 0. The summed E-state index contributed by atoms with van der Waals surface area (Å²) in [5, 5.41) is 10.6. The molecule has 3 nitrogen and oxygen atoms in total. The molecule has 0 aliphatic carbocycles. The number of fused-ring (bicyclic) bond motifs is 1. The van der Waals surface area contributed by atoms with Gasteiger partial charge in [0.1, 0.15) is 5.75 Å². The molecule has 0 aliphatic rings. The van der Waals surface area contributed by atoms with E-state index >= 15 is 0 Å². The molecule has 1 aromatic heterocycles. The van der Waals surface area contributed by atoms with Crippen LogP contribution >= 0.6 is 0 Å². The maximum Gasteiger partial charge on any atom is 0.256 e. The summed E-state index contributed by atoms with van der Waals surface area (Å²) in [6.45, 7) is 1.81. The predicted molar refractivity (Wildman–Crippen MR) is 51.0 cm³/mol. The largest absolute Gasteiger partial charge is 0.508 e. The second kappa shape index (κ2) is 2.62. The topological polar surface area (TPSA) is 53.1 Å². The maximum absolute atomic E-state index is 11.4. The Hall–Kier alpha value is -1.77. The number of hydrogen-bond donors (Lipinski definition) is 2. The van der Waals surface area contributed by atoms with Crippen molar-refractivity contribution in [2.45, 2.75) is 6.92 Å². The van der Waals surface area contributed by atoms with Gasteiger partial charge in [0.05, 0.1) is 0 Å². The third-order valence-electron chi connectivity index (χ3n) is 1.96. The lowest BCUT2D eigenvalue weighted by atomic mass is 10.1. The highest BCUT2D eigenvalue weighted by molar-refractivity contribution is 5.83. The van der Waals surface area contributed by atoms with Gasteiger partial charge in [-0.1, -0.05) is 0 Å². The third-order valence-corrected chi connectivity index (χ3v) is 1.96. The average molecular weight is 175 g/mol. The van der Waals surface area contributed by atoms with E-state index in [-0.39, 0.29) is 11.3 Å². The lowest BCUT2D eigenvalue weighted by Crippen LogP contribution is -2.06. The van der Waals surface area contributed by atoms with Crippen LogP contribution in [0.1, 0.15) is 5.69 Å². The van der Waals surface area contributed by atoms with Gasteiger partial charge in [0.15, 0.2) is 0 Å². The molecule has 2 rings (SSSR count). The van der Waals surface area contributed by atoms with Gasteiger partial charge in [-0.25, -0.2) is 0 Å². The summed E-state index contributed by atoms with van der Waals surface area (Å²) in [7, 11) is 0. The summed E-state index contributed by atoms with van der Waals surface area (Å²) in [5.41, 5.74) is 0.679. The van der Waals surface area contributed by atoms with Gasteiger partial charge in [-0.2, -0.15) is 0 Å². The normalized spacial score (nSPS) is 10.5. The standard InChI is InChI=1S/C10H9NO2/c1-6-4-7-5-8(12)2-3-9(7)10(13)11-6/h2-5,12H,1H3,(H,11,13). The number of hydrogen-bond acceptors (Lipinski definition) is 2. The number of nitrogens with one attached hydrogen (secondary N) is 1. The Balaban J connectivity index is 2.95. The summed E-state index contributed by atoms with van der Waals surface area (Å²) >= 11 is 0. The van der Waals surface area contributed by atoms with Gasteiger partial charge in [-0.05, 0) is 36.6 Å². The molecule has 0 spiro atoms. The van der Waals surface area contributed by atoms with E-state index in [2.05, 4.69) is 4.98 Å². The fourth-order valence-corrected chi connectivity index (χ4v) is 1.39. The van der Waals surface area contributed by atoms with E-state index in [1.54, 1.807) is 12.1 Å². The van der Waals surface area contributed by atoms with Gasteiger partial charge in [0.25, 0.3) is 5.56 Å². The molecule has 13 heavy (non-hydrogen) atoms. The molecule has 3 heteroatoms. The Bertz CT molecular complexity index is 509. The average Bonchev–Trinajstić information content (AvgIpc) is 2.02. The number of aromatic nitrogens is 1. The number of phenols is 1. The quantitative estimate of drug-likeness (QED) is 0.638. The molecule has 0 saturated carbocycles. The zero-order valence-corrected chi connectivity index (χ0v) is 7.16. The molecule has 2 aromatic rings. The Morgan fingerprint density at radius 2 is 2.08 bits per heavy atom. The molecular weight excluding hydrogens is 166 g/mol. The molecule has 0 amide bonds. The van der Waals surface area contributed by atoms with Crippen LogP contribution < -0.4 is 5.56 Å². The van der Waals surface area contributed by atoms with Gasteiger partial charge in [-0.3, -0.25) is 4.79 Å². The summed E-state index contributed by atoms with van der Waals surface area (Å²) in [4.78, 5) is 14.1. The van der Waals surface area contributed by atoms with E-state index in [1.165, 1.54) is 6.07 Å². The fraction of sp³-hybridized carbons (Fsp3) is 0.100. The highest BCUT2D eigenvalue weighted by Gasteiger charge is 1.99. The first-order valence-electron chi connectivity index (χ1n) is 3.99. The first-order valence-corrected chi connectivity index (χ1v) is 3.99. The molecule has 0 unspecified atom stereocenters. The van der Waals surface area contributed by atoms with E-state index in [9.17, 15) is 9.90 Å². The van der Waals surface area contributed by atoms with Crippen molar-refractivity contribution in [1.29, 1.82) is 0 Å². The lowest BCUT2D eigenvalue weighted by Gasteiger charge is -1.99. The van der Waals surface area contributed by atoms with Crippen molar-refractivity contribution in [1.82, 2.24) is 4.98 Å². The van der Waals surface area contributed by atoms with E-state index in [0.29, 0.717) is 5.39 Å². The number of aromatic amines is 1. The van der Waals surface area contributed by atoms with Crippen LogP contribution in [0.25, 0.3) is 10.8 Å². The lowest BCUT2D eigenvalue weighted by molar-refractivity contribution is 0.476. The number of benzene rings is 1. The highest BCUT2D eigenvalue weighted by atomic mass is 16.3. The smallest absolute Gasteiger partial charge is 0.256 e. The van der Waals surface area contributed by atoms with Gasteiger partial charge < -0.3 is 10.1 Å². The van der Waals surface area contributed by atoms with Crippen LogP contribution in [0.5, 0.6) is 5.75 Å². The van der Waals surface area contributed by atoms with E-state index in [4.69, 9.17) is 0 Å². The van der Waals surface area contributed by atoms with Gasteiger partial charge in [0, 0.05) is 11.1 Å². The number of pyridine rings is 1. The molecular formula is C10H9NO2. The molecule has 1 aromatic carbocycles. The Kier molecular flexibility index (Phi) is 1.59. The monoisotopic (exact) mass is 175 g/mol. The molecule has 0 bridgehead atoms. The van der Waals surface area contributed by atoms with Crippen molar-refractivity contribution in [2.75, 3.05) is 0 Å². The second-order valence-electron chi connectivity index (χ2n) is 3.05. The minimum atomic E-state index is -0.116. The van der Waals surface area contributed by atoms with E-state index < -0.39 is 0 Å². The van der Waals surface area contributed by atoms with E-state index in [1.807, 2.05) is 13.0 Å². The maximum atomic E-state index is 11.4. The number of rotatable bonds is 0. The molecule has 0 atom stereocenters. The molecule has 0 saturated heterocycles. The molecule has 66 valence electrons. The Labute approximate surface area is 74.7 Å². The summed E-state index contributed by atoms with van der Waals surface area (Å²) in [6.07, 6.45) is 0. The van der Waals surface area contributed by atoms with Gasteiger partial charge >= 0.3 is 0 Å². The van der Waals surface area contributed by atoms with Crippen LogP contribution in [0.15, 0.2) is 29.1 Å². The van der Waals surface area contributed by atoms with E-state index in [0.717, 1.165) is 11.1 Å². The third kappa shape index (κ3) is 1.28. The molecule has 0 fully saturated rings. The molecule has 1 heterocycles. The second-order valence-corrected chi connectivity index (χ2v) is 3.05. The zero-order valence-electron chi connectivity index (χ0n) is 7.16. The minimum Gasteiger partial charge on any atom is -0.508 e. The molecule has 0 aliphatic heterocycles. The van der Waals surface area contributed by atoms with Crippen LogP contribution in [0.2, 0.25) is 0 Å². The van der Waals surface area contributed by atoms with Crippen molar-refractivity contribution in [3.05, 3.63) is 40.3 Å². The van der Waals surface area contributed by atoms with Crippen LogP contribution in [0.4, 0.5) is 0 Å². The predicted octanol–water partition coefficient (Wildman–Crippen LogP) is 1.54. The summed E-state index contributed by atoms with van der Waals surface area (Å²) in [6, 6.07) is 6.53. The fourth-order valence-electron chi connectivity index (χ4n) is 1.39. The highest BCUT2D eigenvalue weighted by Crippen LogP contribution is 2.16. The molecule has 0 radical (unpaired) electrons. The zero-order chi connectivity index (χ0) is 9.42. The van der Waals surface area contributed by atoms with Crippen LogP contribution in [-0.4, -0.2) is 10.1 Å². The van der Waals surface area contributed by atoms with Crippen molar-refractivity contribution in [3.8, 4) is 5.75 Å². The van der Waals surface area contributed by atoms with Crippen LogP contribution in [-0.2, 0) is 0 Å². The van der Waals surface area contributed by atoms with Gasteiger partial charge in [-0.15, -0.1) is 0 Å². The minimum absolute atomic E-state index is 0.116. The number of phenolic OH excluding ortho intramolecular Hbond substituents is 1. The number of aromatic hydroxyl groups is 1. The SMILES string of the molecule is Cc1cc2cc(O)ccc2c(=O)[nH]1.